The lowest BCUT2D eigenvalue weighted by molar-refractivity contribution is 0.355. The van der Waals surface area contributed by atoms with Crippen LogP contribution in [0.15, 0.2) is 77.6 Å². The number of benzene rings is 3. The van der Waals surface area contributed by atoms with E-state index in [1.54, 1.807) is 26.4 Å². The molecule has 7 heteroatoms. The minimum atomic E-state index is -0.146. The standard InChI is InChI=1S/C25H19N3O3S/c1-30-20-13-12-19(15-21(20)31-2)23-26-27-25-28(23)24(29)22(32-25)14-16-8-10-18(11-9-16)17-6-4-3-5-7-17/h3-15H,1-2H3/b22-14-. The van der Waals surface area contributed by atoms with Crippen molar-refractivity contribution in [3.8, 4) is 34.0 Å². The Morgan fingerprint density at radius 3 is 2.22 bits per heavy atom. The van der Waals surface area contributed by atoms with E-state index in [2.05, 4.69) is 34.5 Å². The third kappa shape index (κ3) is 3.52. The average Bonchev–Trinajstić information content (AvgIpc) is 3.39. The van der Waals surface area contributed by atoms with E-state index in [9.17, 15) is 4.79 Å². The second-order valence-corrected chi connectivity index (χ2v) is 8.12. The average molecular weight is 442 g/mol. The molecule has 5 aromatic rings. The minimum absolute atomic E-state index is 0.146. The maximum absolute atomic E-state index is 13.2. The Balaban J connectivity index is 1.55. The highest BCUT2D eigenvalue weighted by Crippen LogP contribution is 2.31. The van der Waals surface area contributed by atoms with Crippen LogP contribution in [0.25, 0.3) is 33.6 Å². The molecular formula is C25H19N3O3S. The number of fused-ring (bicyclic) bond motifs is 1. The molecule has 0 saturated carbocycles. The molecule has 3 aromatic carbocycles. The quantitative estimate of drug-likeness (QED) is 0.412. The van der Waals surface area contributed by atoms with Crippen LogP contribution in [0.4, 0.5) is 0 Å². The fourth-order valence-electron chi connectivity index (χ4n) is 3.58. The van der Waals surface area contributed by atoms with E-state index < -0.39 is 0 Å². The number of hydrogen-bond donors (Lipinski definition) is 0. The Hall–Kier alpha value is -3.97. The highest BCUT2D eigenvalue weighted by atomic mass is 32.1. The van der Waals surface area contributed by atoms with Crippen LogP contribution < -0.4 is 19.6 Å². The van der Waals surface area contributed by atoms with Gasteiger partial charge in [0.25, 0.3) is 5.56 Å². The largest absolute Gasteiger partial charge is 0.493 e. The Bertz CT molecular complexity index is 1510. The molecule has 2 aromatic heterocycles. The van der Waals surface area contributed by atoms with Crippen LogP contribution in [0, 0.1) is 0 Å². The number of aromatic nitrogens is 3. The van der Waals surface area contributed by atoms with Gasteiger partial charge in [-0.3, -0.25) is 4.79 Å². The van der Waals surface area contributed by atoms with Crippen LogP contribution in [0.5, 0.6) is 11.5 Å². The van der Waals surface area contributed by atoms with E-state index in [4.69, 9.17) is 9.47 Å². The van der Waals surface area contributed by atoms with Gasteiger partial charge in [-0.05, 0) is 41.0 Å². The molecule has 0 unspecified atom stereocenters. The molecule has 32 heavy (non-hydrogen) atoms. The van der Waals surface area contributed by atoms with Crippen molar-refractivity contribution in [1.82, 2.24) is 14.6 Å². The summed E-state index contributed by atoms with van der Waals surface area (Å²) in [5, 5.41) is 8.43. The zero-order chi connectivity index (χ0) is 22.1. The van der Waals surface area contributed by atoms with Crippen molar-refractivity contribution < 1.29 is 9.47 Å². The Morgan fingerprint density at radius 1 is 0.812 bits per heavy atom. The molecule has 0 N–H and O–H groups in total. The van der Waals surface area contributed by atoms with Gasteiger partial charge in [-0.15, -0.1) is 10.2 Å². The normalized spacial score (nSPS) is 11.8. The molecule has 0 radical (unpaired) electrons. The first kappa shape index (κ1) is 20.0. The molecule has 0 saturated heterocycles. The summed E-state index contributed by atoms with van der Waals surface area (Å²) < 4.78 is 12.8. The molecule has 0 bridgehead atoms. The van der Waals surface area contributed by atoms with E-state index >= 15 is 0 Å². The third-order valence-corrected chi connectivity index (χ3v) is 6.16. The predicted molar refractivity (Wildman–Crippen MR) is 126 cm³/mol. The van der Waals surface area contributed by atoms with Gasteiger partial charge in [0.2, 0.25) is 4.96 Å². The van der Waals surface area contributed by atoms with Gasteiger partial charge < -0.3 is 9.47 Å². The lowest BCUT2D eigenvalue weighted by atomic mass is 10.0. The second kappa shape index (κ2) is 8.28. The van der Waals surface area contributed by atoms with Crippen LogP contribution in [-0.4, -0.2) is 28.8 Å². The maximum atomic E-state index is 13.2. The predicted octanol–water partition coefficient (Wildman–Crippen LogP) is 4.05. The van der Waals surface area contributed by atoms with Gasteiger partial charge in [-0.25, -0.2) is 4.40 Å². The number of ether oxygens (including phenoxy) is 2. The van der Waals surface area contributed by atoms with Crippen molar-refractivity contribution in [3.05, 3.63) is 93.2 Å². The zero-order valence-electron chi connectivity index (χ0n) is 17.5. The SMILES string of the molecule is COc1ccc(-c2nnc3s/c(=C\c4ccc(-c5ccccc5)cc4)c(=O)n23)cc1OC. The topological polar surface area (TPSA) is 65.7 Å². The van der Waals surface area contributed by atoms with Crippen molar-refractivity contribution in [3.63, 3.8) is 0 Å². The Kier molecular flexibility index (Phi) is 5.17. The molecule has 6 nitrogen and oxygen atoms in total. The zero-order valence-corrected chi connectivity index (χ0v) is 18.3. The number of rotatable bonds is 5. The van der Waals surface area contributed by atoms with Gasteiger partial charge >= 0.3 is 0 Å². The van der Waals surface area contributed by atoms with Crippen molar-refractivity contribution >= 4 is 22.4 Å². The molecule has 0 amide bonds. The van der Waals surface area contributed by atoms with Gasteiger partial charge in [-0.1, -0.05) is 65.9 Å². The number of methoxy groups -OCH3 is 2. The lowest BCUT2D eigenvalue weighted by Crippen LogP contribution is -2.23. The van der Waals surface area contributed by atoms with Crippen LogP contribution in [0.1, 0.15) is 5.56 Å². The minimum Gasteiger partial charge on any atom is -0.493 e. The molecule has 0 spiro atoms. The summed E-state index contributed by atoms with van der Waals surface area (Å²) in [5.41, 5.74) is 3.82. The van der Waals surface area contributed by atoms with Crippen molar-refractivity contribution in [2.45, 2.75) is 0 Å². The van der Waals surface area contributed by atoms with E-state index in [0.717, 1.165) is 22.3 Å². The second-order valence-electron chi connectivity index (χ2n) is 7.12. The number of hydrogen-bond acceptors (Lipinski definition) is 6. The summed E-state index contributed by atoms with van der Waals surface area (Å²) in [7, 11) is 3.15. The summed E-state index contributed by atoms with van der Waals surface area (Å²) in [6, 6.07) is 23.7. The van der Waals surface area contributed by atoms with Crippen LogP contribution in [-0.2, 0) is 0 Å². The Morgan fingerprint density at radius 2 is 1.50 bits per heavy atom. The van der Waals surface area contributed by atoms with Crippen LogP contribution in [0.3, 0.4) is 0 Å². The van der Waals surface area contributed by atoms with E-state index in [-0.39, 0.29) is 5.56 Å². The van der Waals surface area contributed by atoms with Crippen molar-refractivity contribution in [2.24, 2.45) is 0 Å². The molecule has 2 heterocycles. The summed E-state index contributed by atoms with van der Waals surface area (Å²) in [5.74, 6) is 1.65. The smallest absolute Gasteiger partial charge is 0.276 e. The summed E-state index contributed by atoms with van der Waals surface area (Å²) >= 11 is 1.32. The maximum Gasteiger partial charge on any atom is 0.276 e. The number of thiazole rings is 1. The van der Waals surface area contributed by atoms with Crippen molar-refractivity contribution in [1.29, 1.82) is 0 Å². The van der Waals surface area contributed by atoms with Gasteiger partial charge in [0.1, 0.15) is 0 Å². The summed E-state index contributed by atoms with van der Waals surface area (Å²) in [4.78, 5) is 13.7. The fraction of sp³-hybridized carbons (Fsp3) is 0.0800. The van der Waals surface area contributed by atoms with Gasteiger partial charge in [0.15, 0.2) is 17.3 Å². The van der Waals surface area contributed by atoms with Crippen LogP contribution >= 0.6 is 11.3 Å². The fourth-order valence-corrected chi connectivity index (χ4v) is 4.49. The van der Waals surface area contributed by atoms with E-state index in [0.29, 0.717) is 26.8 Å². The highest BCUT2D eigenvalue weighted by molar-refractivity contribution is 7.15. The van der Waals surface area contributed by atoms with Gasteiger partial charge in [-0.2, -0.15) is 0 Å². The first-order valence-corrected chi connectivity index (χ1v) is 10.8. The summed E-state index contributed by atoms with van der Waals surface area (Å²) in [6.45, 7) is 0. The monoisotopic (exact) mass is 441 g/mol. The molecule has 5 rings (SSSR count). The van der Waals surface area contributed by atoms with Gasteiger partial charge in [0, 0.05) is 5.56 Å². The van der Waals surface area contributed by atoms with E-state index in [1.165, 1.54) is 15.7 Å². The first-order chi connectivity index (χ1) is 15.7. The third-order valence-electron chi connectivity index (χ3n) is 5.21. The van der Waals surface area contributed by atoms with Crippen molar-refractivity contribution in [2.75, 3.05) is 14.2 Å². The van der Waals surface area contributed by atoms with Gasteiger partial charge in [0.05, 0.1) is 18.8 Å². The number of nitrogens with zero attached hydrogens (tertiary/aromatic N) is 3. The molecule has 0 aliphatic heterocycles. The van der Waals surface area contributed by atoms with E-state index in [1.807, 2.05) is 42.5 Å². The molecule has 0 aliphatic carbocycles. The lowest BCUT2D eigenvalue weighted by Gasteiger charge is -2.08. The highest BCUT2D eigenvalue weighted by Gasteiger charge is 2.16. The molecule has 158 valence electrons. The molecular weight excluding hydrogens is 422 g/mol. The first-order valence-electron chi connectivity index (χ1n) is 9.95. The van der Waals surface area contributed by atoms with Crippen LogP contribution in [0.2, 0.25) is 0 Å². The Labute approximate surface area is 188 Å². The molecule has 0 atom stereocenters. The molecule has 0 aliphatic rings. The summed E-state index contributed by atoms with van der Waals surface area (Å²) in [6.07, 6.45) is 1.88. The molecule has 0 fully saturated rings.